The number of nitrogens with two attached hydrogens (primary N) is 1. The zero-order chi connectivity index (χ0) is 13.1. The molecule has 0 radical (unpaired) electrons. The molecule has 2 aromatic rings. The number of carbonyl (C=O) groups is 1. The van der Waals surface area contributed by atoms with E-state index in [9.17, 15) is 4.79 Å². The normalized spacial score (nSPS) is 12.6. The number of aliphatic hydroxyl groups excluding tert-OH is 2. The summed E-state index contributed by atoms with van der Waals surface area (Å²) in [4.78, 5) is 14.8. The van der Waals surface area contributed by atoms with E-state index in [2.05, 4.69) is 10.3 Å². The van der Waals surface area contributed by atoms with Gasteiger partial charge in [-0.25, -0.2) is 0 Å². The summed E-state index contributed by atoms with van der Waals surface area (Å²) in [5.41, 5.74) is 7.52. The quantitative estimate of drug-likeness (QED) is 0.484. The Morgan fingerprint density at radius 1 is 1.50 bits per heavy atom. The van der Waals surface area contributed by atoms with Gasteiger partial charge in [0, 0.05) is 29.3 Å². The van der Waals surface area contributed by atoms with Crippen LogP contribution in [-0.4, -0.2) is 40.4 Å². The lowest BCUT2D eigenvalue weighted by Gasteiger charge is -2.08. The zero-order valence-corrected chi connectivity index (χ0v) is 9.68. The first kappa shape index (κ1) is 12.4. The number of rotatable bonds is 4. The molecule has 6 heteroatoms. The molecular formula is C12H15N3O3. The van der Waals surface area contributed by atoms with Gasteiger partial charge in [0.1, 0.15) is 0 Å². The van der Waals surface area contributed by atoms with Crippen LogP contribution in [0.5, 0.6) is 0 Å². The van der Waals surface area contributed by atoms with Crippen molar-refractivity contribution in [3.05, 3.63) is 30.0 Å². The number of nitrogens with one attached hydrogen (secondary N) is 2. The molecule has 0 aliphatic rings. The molecule has 1 aromatic carbocycles. The molecule has 0 saturated carbocycles. The van der Waals surface area contributed by atoms with Crippen molar-refractivity contribution in [2.24, 2.45) is 0 Å². The number of anilines is 1. The van der Waals surface area contributed by atoms with Crippen LogP contribution in [0.4, 0.5) is 5.69 Å². The van der Waals surface area contributed by atoms with Crippen molar-refractivity contribution < 1.29 is 15.0 Å². The molecule has 0 saturated heterocycles. The van der Waals surface area contributed by atoms with Gasteiger partial charge in [0.25, 0.3) is 5.91 Å². The Hall–Kier alpha value is -2.05. The average Bonchev–Trinajstić information content (AvgIpc) is 2.78. The van der Waals surface area contributed by atoms with Gasteiger partial charge in [0.2, 0.25) is 0 Å². The standard InChI is InChI=1S/C12H15N3O3/c13-7-1-2-9-10(5-14-11(9)3-7)12(18)15-4-8(17)6-16/h1-3,5,8,14,16-17H,4,6,13H2,(H,15,18). The number of aromatic nitrogens is 1. The Balaban J connectivity index is 2.18. The molecule has 0 fully saturated rings. The van der Waals surface area contributed by atoms with Gasteiger partial charge in [-0.2, -0.15) is 0 Å². The summed E-state index contributed by atoms with van der Waals surface area (Å²) in [5, 5.41) is 21.1. The average molecular weight is 249 g/mol. The van der Waals surface area contributed by atoms with E-state index >= 15 is 0 Å². The molecule has 1 amide bonds. The van der Waals surface area contributed by atoms with Crippen molar-refractivity contribution in [1.82, 2.24) is 10.3 Å². The maximum absolute atomic E-state index is 11.9. The summed E-state index contributed by atoms with van der Waals surface area (Å²) in [6.45, 7) is -0.373. The topological polar surface area (TPSA) is 111 Å². The largest absolute Gasteiger partial charge is 0.399 e. The van der Waals surface area contributed by atoms with Gasteiger partial charge in [-0.15, -0.1) is 0 Å². The highest BCUT2D eigenvalue weighted by molar-refractivity contribution is 6.07. The van der Waals surface area contributed by atoms with Gasteiger partial charge in [-0.05, 0) is 18.2 Å². The second kappa shape index (κ2) is 5.07. The van der Waals surface area contributed by atoms with Crippen LogP contribution in [0.15, 0.2) is 24.4 Å². The van der Waals surface area contributed by atoms with E-state index in [1.165, 1.54) is 0 Å². The monoisotopic (exact) mass is 249 g/mol. The molecule has 1 aromatic heterocycles. The summed E-state index contributed by atoms with van der Waals surface area (Å²) in [7, 11) is 0. The molecular weight excluding hydrogens is 234 g/mol. The first-order chi connectivity index (χ1) is 8.61. The highest BCUT2D eigenvalue weighted by Crippen LogP contribution is 2.20. The number of carbonyl (C=O) groups excluding carboxylic acids is 1. The fourth-order valence-corrected chi connectivity index (χ4v) is 1.70. The summed E-state index contributed by atoms with van der Waals surface area (Å²) in [6.07, 6.45) is 0.639. The number of amides is 1. The molecule has 2 rings (SSSR count). The number of hydrogen-bond acceptors (Lipinski definition) is 4. The van der Waals surface area contributed by atoms with Gasteiger partial charge in [-0.1, -0.05) is 0 Å². The second-order valence-corrected chi connectivity index (χ2v) is 4.05. The van der Waals surface area contributed by atoms with E-state index < -0.39 is 6.10 Å². The summed E-state index contributed by atoms with van der Waals surface area (Å²) >= 11 is 0. The minimum Gasteiger partial charge on any atom is -0.399 e. The van der Waals surface area contributed by atoms with Crippen molar-refractivity contribution in [2.45, 2.75) is 6.10 Å². The lowest BCUT2D eigenvalue weighted by atomic mass is 10.1. The molecule has 0 aliphatic carbocycles. The number of nitrogen functional groups attached to an aromatic ring is 1. The predicted molar refractivity (Wildman–Crippen MR) is 68.1 cm³/mol. The molecule has 1 unspecified atom stereocenters. The van der Waals surface area contributed by atoms with E-state index in [1.807, 2.05) is 0 Å². The first-order valence-corrected chi connectivity index (χ1v) is 5.55. The van der Waals surface area contributed by atoms with Gasteiger partial charge < -0.3 is 26.2 Å². The maximum Gasteiger partial charge on any atom is 0.253 e. The third-order valence-corrected chi connectivity index (χ3v) is 2.66. The van der Waals surface area contributed by atoms with Crippen molar-refractivity contribution in [1.29, 1.82) is 0 Å². The predicted octanol–water partition coefficient (Wildman–Crippen LogP) is -0.167. The Kier molecular flexibility index (Phi) is 3.50. The van der Waals surface area contributed by atoms with E-state index in [0.717, 1.165) is 10.9 Å². The fourth-order valence-electron chi connectivity index (χ4n) is 1.70. The summed E-state index contributed by atoms with van der Waals surface area (Å²) in [6, 6.07) is 5.22. The number of aromatic amines is 1. The van der Waals surface area contributed by atoms with Crippen molar-refractivity contribution >= 4 is 22.5 Å². The smallest absolute Gasteiger partial charge is 0.253 e. The van der Waals surface area contributed by atoms with Crippen LogP contribution in [0.25, 0.3) is 10.9 Å². The molecule has 96 valence electrons. The van der Waals surface area contributed by atoms with Gasteiger partial charge in [0.05, 0.1) is 18.3 Å². The van der Waals surface area contributed by atoms with Crippen molar-refractivity contribution in [3.8, 4) is 0 Å². The van der Waals surface area contributed by atoms with Crippen LogP contribution in [0.1, 0.15) is 10.4 Å². The lowest BCUT2D eigenvalue weighted by Crippen LogP contribution is -2.33. The van der Waals surface area contributed by atoms with Crippen molar-refractivity contribution in [2.75, 3.05) is 18.9 Å². The zero-order valence-electron chi connectivity index (χ0n) is 9.68. The molecule has 0 aliphatic heterocycles. The Labute approximate surface area is 103 Å². The highest BCUT2D eigenvalue weighted by atomic mass is 16.3. The molecule has 0 spiro atoms. The third kappa shape index (κ3) is 2.44. The van der Waals surface area contributed by atoms with Gasteiger partial charge >= 0.3 is 0 Å². The minimum atomic E-state index is -0.949. The highest BCUT2D eigenvalue weighted by Gasteiger charge is 2.13. The van der Waals surface area contributed by atoms with E-state index in [4.69, 9.17) is 15.9 Å². The molecule has 1 heterocycles. The maximum atomic E-state index is 11.9. The van der Waals surface area contributed by atoms with Crippen LogP contribution in [0, 0.1) is 0 Å². The van der Waals surface area contributed by atoms with Gasteiger partial charge in [0.15, 0.2) is 0 Å². The SMILES string of the molecule is Nc1ccc2c(C(=O)NCC(O)CO)c[nH]c2c1. The van der Waals surface area contributed by atoms with Crippen LogP contribution < -0.4 is 11.1 Å². The summed E-state index contributed by atoms with van der Waals surface area (Å²) in [5.74, 6) is -0.307. The van der Waals surface area contributed by atoms with E-state index in [0.29, 0.717) is 11.3 Å². The van der Waals surface area contributed by atoms with Crippen LogP contribution >= 0.6 is 0 Å². The molecule has 18 heavy (non-hydrogen) atoms. The molecule has 6 N–H and O–H groups in total. The van der Waals surface area contributed by atoms with Crippen LogP contribution in [-0.2, 0) is 0 Å². The number of benzene rings is 1. The lowest BCUT2D eigenvalue weighted by molar-refractivity contribution is 0.0803. The number of hydrogen-bond donors (Lipinski definition) is 5. The van der Waals surface area contributed by atoms with Gasteiger partial charge in [-0.3, -0.25) is 4.79 Å². The van der Waals surface area contributed by atoms with Crippen molar-refractivity contribution in [3.63, 3.8) is 0 Å². The molecule has 6 nitrogen and oxygen atoms in total. The second-order valence-electron chi connectivity index (χ2n) is 4.05. The molecule has 1 atom stereocenters. The van der Waals surface area contributed by atoms with E-state index in [1.54, 1.807) is 24.4 Å². The number of H-pyrrole nitrogens is 1. The molecule has 0 bridgehead atoms. The Morgan fingerprint density at radius 3 is 3.00 bits per heavy atom. The minimum absolute atomic E-state index is 0.0109. The Morgan fingerprint density at radius 2 is 2.28 bits per heavy atom. The van der Waals surface area contributed by atoms with Crippen LogP contribution in [0.2, 0.25) is 0 Å². The fraction of sp³-hybridized carbons (Fsp3) is 0.250. The summed E-state index contributed by atoms with van der Waals surface area (Å²) < 4.78 is 0. The third-order valence-electron chi connectivity index (χ3n) is 2.66. The number of fused-ring (bicyclic) bond motifs is 1. The first-order valence-electron chi connectivity index (χ1n) is 5.55. The Bertz CT molecular complexity index is 565. The number of aliphatic hydroxyl groups is 2. The van der Waals surface area contributed by atoms with E-state index in [-0.39, 0.29) is 19.1 Å². The van der Waals surface area contributed by atoms with Crippen LogP contribution in [0.3, 0.4) is 0 Å².